The molecular formula is C15H14F3N3O2. The fourth-order valence-electron chi connectivity index (χ4n) is 2.89. The average Bonchev–Trinajstić information content (AvgIpc) is 2.80. The number of benzene rings is 1. The van der Waals surface area contributed by atoms with E-state index in [1.54, 1.807) is 12.1 Å². The first-order chi connectivity index (χ1) is 10.8. The molecule has 23 heavy (non-hydrogen) atoms. The monoisotopic (exact) mass is 325 g/mol. The van der Waals surface area contributed by atoms with Crippen LogP contribution in [-0.2, 0) is 4.79 Å². The first kappa shape index (κ1) is 15.5. The third kappa shape index (κ3) is 2.80. The Morgan fingerprint density at radius 1 is 1.30 bits per heavy atom. The number of carbonyl (C=O) groups is 1. The highest BCUT2D eigenvalue weighted by Gasteiger charge is 2.40. The van der Waals surface area contributed by atoms with Crippen LogP contribution < -0.4 is 5.56 Å². The Balaban J connectivity index is 1.97. The first-order valence-electron chi connectivity index (χ1n) is 7.10. The average molecular weight is 325 g/mol. The van der Waals surface area contributed by atoms with Crippen molar-refractivity contribution < 1.29 is 18.0 Å². The van der Waals surface area contributed by atoms with Gasteiger partial charge < -0.3 is 4.90 Å². The summed E-state index contributed by atoms with van der Waals surface area (Å²) in [4.78, 5) is 29.6. The number of halogens is 3. The Kier molecular flexibility index (Phi) is 3.62. The molecule has 0 aliphatic carbocycles. The second kappa shape index (κ2) is 5.36. The van der Waals surface area contributed by atoms with E-state index in [0.29, 0.717) is 10.9 Å². The van der Waals surface area contributed by atoms with Crippen LogP contribution >= 0.6 is 0 Å². The molecule has 1 amide bonds. The quantitative estimate of drug-likeness (QED) is 0.849. The van der Waals surface area contributed by atoms with E-state index in [0.717, 1.165) is 15.0 Å². The molecule has 122 valence electrons. The minimum atomic E-state index is -4.45. The van der Waals surface area contributed by atoms with E-state index in [4.69, 9.17) is 0 Å². The third-order valence-corrected chi connectivity index (χ3v) is 3.99. The van der Waals surface area contributed by atoms with Gasteiger partial charge in [-0.25, -0.2) is 4.98 Å². The predicted octanol–water partition coefficient (Wildman–Crippen LogP) is 2.04. The van der Waals surface area contributed by atoms with Crippen LogP contribution in [0, 0.1) is 6.92 Å². The topological polar surface area (TPSA) is 55.2 Å². The van der Waals surface area contributed by atoms with Gasteiger partial charge in [-0.1, -0.05) is 12.1 Å². The summed E-state index contributed by atoms with van der Waals surface area (Å²) < 4.78 is 38.5. The number of fused-ring (bicyclic) bond motifs is 1. The fourth-order valence-corrected chi connectivity index (χ4v) is 2.89. The van der Waals surface area contributed by atoms with Crippen LogP contribution in [0.25, 0.3) is 10.9 Å². The second-order valence-electron chi connectivity index (χ2n) is 5.61. The SMILES string of the molecule is Cc1cccc2c(=O)n(C3CCN(CC(F)(F)F)C3=O)cnc12. The standard InChI is InChI=1S/C15H14F3N3O2/c1-9-3-2-4-10-12(9)19-8-21(13(10)22)11-5-6-20(14(11)23)7-15(16,17)18/h2-4,8,11H,5-7H2,1H3. The molecule has 1 aliphatic rings. The minimum Gasteiger partial charge on any atom is -0.332 e. The summed E-state index contributed by atoms with van der Waals surface area (Å²) in [7, 11) is 0. The van der Waals surface area contributed by atoms with E-state index in [2.05, 4.69) is 4.98 Å². The highest BCUT2D eigenvalue weighted by molar-refractivity contribution is 5.84. The van der Waals surface area contributed by atoms with Crippen molar-refractivity contribution in [3.05, 3.63) is 40.4 Å². The molecule has 1 unspecified atom stereocenters. The number of aryl methyl sites for hydroxylation is 1. The lowest BCUT2D eigenvalue weighted by Gasteiger charge is -2.19. The molecule has 3 rings (SSSR count). The molecule has 0 bridgehead atoms. The van der Waals surface area contributed by atoms with Crippen LogP contribution in [0.15, 0.2) is 29.3 Å². The van der Waals surface area contributed by atoms with Crippen LogP contribution in [-0.4, -0.2) is 39.6 Å². The number of para-hydroxylation sites is 1. The van der Waals surface area contributed by atoms with Gasteiger partial charge in [0.2, 0.25) is 5.91 Å². The van der Waals surface area contributed by atoms with Crippen molar-refractivity contribution in [1.82, 2.24) is 14.5 Å². The number of hydrogen-bond donors (Lipinski definition) is 0. The van der Waals surface area contributed by atoms with Crippen molar-refractivity contribution in [3.63, 3.8) is 0 Å². The Morgan fingerprint density at radius 3 is 2.74 bits per heavy atom. The summed E-state index contributed by atoms with van der Waals surface area (Å²) in [5, 5.41) is 0.356. The van der Waals surface area contributed by atoms with Crippen molar-refractivity contribution in [2.24, 2.45) is 0 Å². The van der Waals surface area contributed by atoms with E-state index in [1.165, 1.54) is 6.33 Å². The molecule has 2 heterocycles. The van der Waals surface area contributed by atoms with Gasteiger partial charge in [0, 0.05) is 6.54 Å². The van der Waals surface area contributed by atoms with Crippen molar-refractivity contribution in [3.8, 4) is 0 Å². The normalized spacial score (nSPS) is 18.9. The predicted molar refractivity (Wildman–Crippen MR) is 77.0 cm³/mol. The van der Waals surface area contributed by atoms with Gasteiger partial charge in [0.05, 0.1) is 17.2 Å². The molecule has 1 saturated heterocycles. The summed E-state index contributed by atoms with van der Waals surface area (Å²) in [6, 6.07) is 4.19. The van der Waals surface area contributed by atoms with Crippen molar-refractivity contribution in [1.29, 1.82) is 0 Å². The van der Waals surface area contributed by atoms with Crippen LogP contribution in [0.3, 0.4) is 0 Å². The molecule has 5 nitrogen and oxygen atoms in total. The summed E-state index contributed by atoms with van der Waals surface area (Å²) in [5.41, 5.74) is 0.945. The number of aromatic nitrogens is 2. The van der Waals surface area contributed by atoms with Gasteiger partial charge in [-0.3, -0.25) is 14.2 Å². The highest BCUT2D eigenvalue weighted by atomic mass is 19.4. The van der Waals surface area contributed by atoms with Crippen LogP contribution in [0.2, 0.25) is 0 Å². The molecule has 1 aromatic carbocycles. The molecular weight excluding hydrogens is 311 g/mol. The number of carbonyl (C=O) groups excluding carboxylic acids is 1. The zero-order valence-corrected chi connectivity index (χ0v) is 12.3. The Hall–Kier alpha value is -2.38. The van der Waals surface area contributed by atoms with Gasteiger partial charge in [0.15, 0.2) is 0 Å². The maximum absolute atomic E-state index is 12.5. The van der Waals surface area contributed by atoms with Gasteiger partial charge in [0.1, 0.15) is 12.6 Å². The zero-order chi connectivity index (χ0) is 16.8. The van der Waals surface area contributed by atoms with Crippen molar-refractivity contribution in [2.75, 3.05) is 13.1 Å². The van der Waals surface area contributed by atoms with Gasteiger partial charge in [-0.05, 0) is 25.0 Å². The van der Waals surface area contributed by atoms with E-state index in [-0.39, 0.29) is 13.0 Å². The molecule has 1 fully saturated rings. The molecule has 2 aromatic rings. The third-order valence-electron chi connectivity index (χ3n) is 3.99. The molecule has 1 atom stereocenters. The van der Waals surface area contributed by atoms with Crippen LogP contribution in [0.1, 0.15) is 18.0 Å². The Bertz CT molecular complexity index is 829. The lowest BCUT2D eigenvalue weighted by atomic mass is 10.1. The van der Waals surface area contributed by atoms with Crippen molar-refractivity contribution in [2.45, 2.75) is 25.6 Å². The van der Waals surface area contributed by atoms with E-state index >= 15 is 0 Å². The fraction of sp³-hybridized carbons (Fsp3) is 0.400. The molecule has 0 spiro atoms. The Labute approximate surface area is 129 Å². The Morgan fingerprint density at radius 2 is 2.04 bits per heavy atom. The van der Waals surface area contributed by atoms with Crippen LogP contribution in [0.4, 0.5) is 13.2 Å². The summed E-state index contributed by atoms with van der Waals surface area (Å²) >= 11 is 0. The van der Waals surface area contributed by atoms with Gasteiger partial charge >= 0.3 is 6.18 Å². The summed E-state index contributed by atoms with van der Waals surface area (Å²) in [5.74, 6) is -0.696. The molecule has 0 N–H and O–H groups in total. The zero-order valence-electron chi connectivity index (χ0n) is 12.3. The molecule has 1 aliphatic heterocycles. The van der Waals surface area contributed by atoms with Gasteiger partial charge in [-0.15, -0.1) is 0 Å². The first-order valence-corrected chi connectivity index (χ1v) is 7.10. The molecule has 8 heteroatoms. The maximum Gasteiger partial charge on any atom is 0.406 e. The number of rotatable bonds is 2. The second-order valence-corrected chi connectivity index (χ2v) is 5.61. The maximum atomic E-state index is 12.5. The van der Waals surface area contributed by atoms with E-state index in [9.17, 15) is 22.8 Å². The lowest BCUT2D eigenvalue weighted by Crippen LogP contribution is -2.38. The summed E-state index contributed by atoms with van der Waals surface area (Å²) in [6.45, 7) is 0.489. The lowest BCUT2D eigenvalue weighted by molar-refractivity contribution is -0.158. The van der Waals surface area contributed by atoms with E-state index in [1.807, 2.05) is 13.0 Å². The van der Waals surface area contributed by atoms with Gasteiger partial charge in [0.25, 0.3) is 5.56 Å². The number of amides is 1. The number of nitrogens with zero attached hydrogens (tertiary/aromatic N) is 3. The largest absolute Gasteiger partial charge is 0.406 e. The van der Waals surface area contributed by atoms with Crippen molar-refractivity contribution >= 4 is 16.8 Å². The van der Waals surface area contributed by atoms with E-state index < -0.39 is 30.2 Å². The highest BCUT2D eigenvalue weighted by Crippen LogP contribution is 2.26. The molecule has 1 aromatic heterocycles. The number of likely N-dealkylation sites (tertiary alicyclic amines) is 1. The molecule has 0 saturated carbocycles. The van der Waals surface area contributed by atoms with Gasteiger partial charge in [-0.2, -0.15) is 13.2 Å². The van der Waals surface area contributed by atoms with Crippen LogP contribution in [0.5, 0.6) is 0 Å². The minimum absolute atomic E-state index is 0.0265. The number of hydrogen-bond acceptors (Lipinski definition) is 3. The number of alkyl halides is 3. The molecule has 0 radical (unpaired) electrons. The summed E-state index contributed by atoms with van der Waals surface area (Å²) in [6.07, 6.45) is -3.04. The smallest absolute Gasteiger partial charge is 0.332 e.